The Bertz CT molecular complexity index is 464. The van der Waals surface area contributed by atoms with Gasteiger partial charge < -0.3 is 4.90 Å². The Morgan fingerprint density at radius 2 is 1.79 bits per heavy atom. The van der Waals surface area contributed by atoms with E-state index < -0.39 is 11.9 Å². The van der Waals surface area contributed by atoms with Crippen molar-refractivity contribution in [1.82, 2.24) is 9.97 Å². The van der Waals surface area contributed by atoms with Gasteiger partial charge in [-0.3, -0.25) is 0 Å². The number of piperidine rings is 1. The first kappa shape index (κ1) is 14.4. The lowest BCUT2D eigenvalue weighted by molar-refractivity contribution is -0.141. The standard InChI is InChI=1S/C12H15ClF3N3/c1-11(2)3-5-19(6-4-11)9-7-8(12(14,15)16)17-10(13)18-9/h7H,3-6H2,1-2H3. The van der Waals surface area contributed by atoms with Crippen molar-refractivity contribution >= 4 is 17.4 Å². The summed E-state index contributed by atoms with van der Waals surface area (Å²) in [6.07, 6.45) is -2.68. The summed E-state index contributed by atoms with van der Waals surface area (Å²) in [5.41, 5.74) is -0.771. The maximum Gasteiger partial charge on any atom is 0.433 e. The first-order valence-electron chi connectivity index (χ1n) is 6.04. The predicted octanol–water partition coefficient (Wildman–Crippen LogP) is 3.78. The van der Waals surface area contributed by atoms with E-state index in [9.17, 15) is 13.2 Å². The molecule has 0 radical (unpaired) electrons. The highest BCUT2D eigenvalue weighted by Crippen LogP contribution is 2.34. The largest absolute Gasteiger partial charge is 0.433 e. The molecule has 19 heavy (non-hydrogen) atoms. The highest BCUT2D eigenvalue weighted by Gasteiger charge is 2.34. The van der Waals surface area contributed by atoms with E-state index in [1.165, 1.54) is 0 Å². The topological polar surface area (TPSA) is 29.0 Å². The highest BCUT2D eigenvalue weighted by atomic mass is 35.5. The summed E-state index contributed by atoms with van der Waals surface area (Å²) in [5, 5.41) is -0.366. The zero-order valence-corrected chi connectivity index (χ0v) is 11.5. The normalized spacial score (nSPS) is 19.6. The van der Waals surface area contributed by atoms with Crippen LogP contribution in [0.4, 0.5) is 19.0 Å². The van der Waals surface area contributed by atoms with Crippen LogP contribution in [0, 0.1) is 5.41 Å². The SMILES string of the molecule is CC1(C)CCN(c2cc(C(F)(F)F)nc(Cl)n2)CC1. The number of alkyl halides is 3. The molecule has 0 bridgehead atoms. The van der Waals surface area contributed by atoms with Crippen LogP contribution in [-0.2, 0) is 6.18 Å². The Morgan fingerprint density at radius 3 is 2.32 bits per heavy atom. The molecule has 1 fully saturated rings. The summed E-state index contributed by atoms with van der Waals surface area (Å²) in [7, 11) is 0. The van der Waals surface area contributed by atoms with Gasteiger partial charge in [0.2, 0.25) is 5.28 Å². The number of hydrogen-bond donors (Lipinski definition) is 0. The average Bonchev–Trinajstić information content (AvgIpc) is 2.26. The summed E-state index contributed by atoms with van der Waals surface area (Å²) in [5.74, 6) is 0.253. The molecule has 1 aromatic heterocycles. The second-order valence-corrected chi connectivity index (χ2v) is 5.87. The van der Waals surface area contributed by atoms with Crippen LogP contribution < -0.4 is 4.90 Å². The number of halogens is 4. The maximum absolute atomic E-state index is 12.7. The molecule has 106 valence electrons. The summed E-state index contributed by atoms with van der Waals surface area (Å²) in [6.45, 7) is 5.66. The Balaban J connectivity index is 2.24. The van der Waals surface area contributed by atoms with Gasteiger partial charge in [0, 0.05) is 19.2 Å². The molecule has 1 aliphatic rings. The maximum atomic E-state index is 12.7. The number of anilines is 1. The number of nitrogens with zero attached hydrogens (tertiary/aromatic N) is 3. The number of aromatic nitrogens is 2. The highest BCUT2D eigenvalue weighted by molar-refractivity contribution is 6.28. The number of rotatable bonds is 1. The molecule has 3 nitrogen and oxygen atoms in total. The van der Waals surface area contributed by atoms with Crippen LogP contribution in [0.2, 0.25) is 5.28 Å². The summed E-state index contributed by atoms with van der Waals surface area (Å²) in [6, 6.07) is 0.962. The first-order chi connectivity index (χ1) is 8.67. The third-order valence-corrected chi connectivity index (χ3v) is 3.59. The molecule has 0 spiro atoms. The second-order valence-electron chi connectivity index (χ2n) is 5.53. The first-order valence-corrected chi connectivity index (χ1v) is 6.42. The summed E-state index contributed by atoms with van der Waals surface area (Å²) in [4.78, 5) is 8.96. The molecule has 1 aromatic rings. The van der Waals surface area contributed by atoms with Gasteiger partial charge in [-0.25, -0.2) is 9.97 Å². The molecule has 0 aromatic carbocycles. The van der Waals surface area contributed by atoms with E-state index in [1.54, 1.807) is 0 Å². The van der Waals surface area contributed by atoms with Crippen LogP contribution in [0.5, 0.6) is 0 Å². The summed E-state index contributed by atoms with van der Waals surface area (Å²) < 4.78 is 38.0. The molecular formula is C12H15ClF3N3. The molecule has 7 heteroatoms. The predicted molar refractivity (Wildman–Crippen MR) is 67.3 cm³/mol. The fraction of sp³-hybridized carbons (Fsp3) is 0.667. The van der Waals surface area contributed by atoms with Gasteiger partial charge in [-0.1, -0.05) is 13.8 Å². The van der Waals surface area contributed by atoms with Crippen molar-refractivity contribution in [3.8, 4) is 0 Å². The van der Waals surface area contributed by atoms with Gasteiger partial charge >= 0.3 is 6.18 Å². The van der Waals surface area contributed by atoms with Gasteiger partial charge in [0.1, 0.15) is 5.82 Å². The third kappa shape index (κ3) is 3.49. The smallest absolute Gasteiger partial charge is 0.356 e. The molecular weight excluding hydrogens is 279 g/mol. The molecule has 2 rings (SSSR count). The van der Waals surface area contributed by atoms with Crippen LogP contribution in [0.25, 0.3) is 0 Å². The molecule has 0 aliphatic carbocycles. The van der Waals surface area contributed by atoms with E-state index in [0.717, 1.165) is 18.9 Å². The molecule has 0 atom stereocenters. The fourth-order valence-corrected chi connectivity index (χ4v) is 2.23. The third-order valence-electron chi connectivity index (χ3n) is 3.42. The van der Waals surface area contributed by atoms with E-state index in [-0.39, 0.29) is 16.5 Å². The van der Waals surface area contributed by atoms with Gasteiger partial charge in [0.15, 0.2) is 5.69 Å². The zero-order valence-electron chi connectivity index (χ0n) is 10.8. The van der Waals surface area contributed by atoms with E-state index in [4.69, 9.17) is 11.6 Å². The van der Waals surface area contributed by atoms with Crippen molar-refractivity contribution in [1.29, 1.82) is 0 Å². The Hall–Kier alpha value is -1.04. The molecule has 0 unspecified atom stereocenters. The van der Waals surface area contributed by atoms with Gasteiger partial charge in [0.25, 0.3) is 0 Å². The van der Waals surface area contributed by atoms with Crippen molar-refractivity contribution < 1.29 is 13.2 Å². The van der Waals surface area contributed by atoms with Gasteiger partial charge in [-0.05, 0) is 29.9 Å². The minimum Gasteiger partial charge on any atom is -0.356 e. The van der Waals surface area contributed by atoms with Crippen LogP contribution >= 0.6 is 11.6 Å². The minimum atomic E-state index is -4.50. The van der Waals surface area contributed by atoms with Crippen LogP contribution in [0.3, 0.4) is 0 Å². The van der Waals surface area contributed by atoms with Gasteiger partial charge in [0.05, 0.1) is 0 Å². The monoisotopic (exact) mass is 293 g/mol. The van der Waals surface area contributed by atoms with E-state index in [1.807, 2.05) is 4.90 Å². The minimum absolute atomic E-state index is 0.222. The van der Waals surface area contributed by atoms with Crippen molar-refractivity contribution in [2.24, 2.45) is 5.41 Å². The lowest BCUT2D eigenvalue weighted by atomic mass is 9.83. The van der Waals surface area contributed by atoms with Gasteiger partial charge in [-0.15, -0.1) is 0 Å². The molecule has 2 heterocycles. The molecule has 0 amide bonds. The second kappa shape index (κ2) is 4.81. The van der Waals surface area contributed by atoms with E-state index >= 15 is 0 Å². The van der Waals surface area contributed by atoms with E-state index in [2.05, 4.69) is 23.8 Å². The van der Waals surface area contributed by atoms with Crippen molar-refractivity contribution in [3.05, 3.63) is 17.0 Å². The average molecular weight is 294 g/mol. The quantitative estimate of drug-likeness (QED) is 0.738. The van der Waals surface area contributed by atoms with Gasteiger partial charge in [-0.2, -0.15) is 13.2 Å². The van der Waals surface area contributed by atoms with Crippen LogP contribution in [0.15, 0.2) is 6.07 Å². The van der Waals surface area contributed by atoms with Crippen molar-refractivity contribution in [3.63, 3.8) is 0 Å². The Labute approximate surface area is 114 Å². The molecule has 1 saturated heterocycles. The van der Waals surface area contributed by atoms with Crippen LogP contribution in [0.1, 0.15) is 32.4 Å². The summed E-state index contributed by atoms with van der Waals surface area (Å²) >= 11 is 5.58. The Morgan fingerprint density at radius 1 is 1.21 bits per heavy atom. The van der Waals surface area contributed by atoms with E-state index in [0.29, 0.717) is 13.1 Å². The van der Waals surface area contributed by atoms with Crippen molar-refractivity contribution in [2.45, 2.75) is 32.9 Å². The lowest BCUT2D eigenvalue weighted by Gasteiger charge is -2.37. The van der Waals surface area contributed by atoms with Crippen molar-refractivity contribution in [2.75, 3.05) is 18.0 Å². The fourth-order valence-electron chi connectivity index (χ4n) is 2.05. The van der Waals surface area contributed by atoms with Crippen LogP contribution in [-0.4, -0.2) is 23.1 Å². The molecule has 0 saturated carbocycles. The number of hydrogen-bond acceptors (Lipinski definition) is 3. The Kier molecular flexibility index (Phi) is 3.64. The molecule has 0 N–H and O–H groups in total. The zero-order chi connectivity index (χ0) is 14.3. The lowest BCUT2D eigenvalue weighted by Crippen LogP contribution is -2.38. The molecule has 1 aliphatic heterocycles.